The Bertz CT molecular complexity index is 674. The first-order valence-corrected chi connectivity index (χ1v) is 9.23. The number of aromatic nitrogens is 1. The largest absolute Gasteiger partial charge is 0.461 e. The first-order valence-electron chi connectivity index (χ1n) is 9.23. The summed E-state index contributed by atoms with van der Waals surface area (Å²) in [5, 5.41) is 0. The Morgan fingerprint density at radius 2 is 1.65 bits per heavy atom. The number of hydrogen-bond acceptors (Lipinski definition) is 4. The van der Waals surface area contributed by atoms with Crippen molar-refractivity contribution in [1.29, 1.82) is 0 Å². The van der Waals surface area contributed by atoms with Crippen molar-refractivity contribution in [1.82, 2.24) is 9.88 Å². The van der Waals surface area contributed by atoms with E-state index in [0.29, 0.717) is 29.1 Å². The van der Waals surface area contributed by atoms with E-state index in [9.17, 15) is 14.4 Å². The van der Waals surface area contributed by atoms with Crippen molar-refractivity contribution in [3.8, 4) is 0 Å². The molecule has 0 aliphatic heterocycles. The predicted octanol–water partition coefficient (Wildman–Crippen LogP) is 3.52. The highest BCUT2D eigenvalue weighted by Gasteiger charge is 2.32. The minimum Gasteiger partial charge on any atom is -0.461 e. The lowest BCUT2D eigenvalue weighted by molar-refractivity contribution is -0.136. The van der Waals surface area contributed by atoms with E-state index < -0.39 is 12.0 Å². The van der Waals surface area contributed by atoms with E-state index in [4.69, 9.17) is 4.74 Å². The fraction of sp³-hybridized carbons (Fsp3) is 0.650. The highest BCUT2D eigenvalue weighted by Crippen LogP contribution is 2.23. The van der Waals surface area contributed by atoms with Gasteiger partial charge in [0, 0.05) is 23.7 Å². The van der Waals surface area contributed by atoms with Crippen molar-refractivity contribution >= 4 is 17.7 Å². The number of hydrogen-bond donors (Lipinski definition) is 1. The number of Topliss-reactive ketones (excluding diaryl/α,β-unsaturated/α-hetero) is 1. The van der Waals surface area contributed by atoms with E-state index in [0.717, 1.165) is 0 Å². The first kappa shape index (κ1) is 21.9. The molecule has 0 aliphatic rings. The zero-order valence-corrected chi connectivity index (χ0v) is 17.2. The topological polar surface area (TPSA) is 79.5 Å². The third kappa shape index (κ3) is 4.74. The molecule has 1 aromatic heterocycles. The average Bonchev–Trinajstić information content (AvgIpc) is 2.85. The van der Waals surface area contributed by atoms with E-state index in [-0.39, 0.29) is 30.1 Å². The molecule has 26 heavy (non-hydrogen) atoms. The van der Waals surface area contributed by atoms with Crippen LogP contribution in [0.1, 0.15) is 73.6 Å². The zero-order valence-electron chi connectivity index (χ0n) is 17.2. The number of esters is 1. The summed E-state index contributed by atoms with van der Waals surface area (Å²) in [4.78, 5) is 42.5. The Balaban J connectivity index is 3.24. The Morgan fingerprint density at radius 3 is 2.12 bits per heavy atom. The molecular formula is C20H32N2O4. The SMILES string of the molecule is CCOC(=O)c1[nH]c(C)c(C(=O)[C@H](C)N(CC(C)C)C(=O)C(C)C)c1C. The van der Waals surface area contributed by atoms with Gasteiger partial charge in [0.25, 0.3) is 0 Å². The highest BCUT2D eigenvalue weighted by atomic mass is 16.5. The molecule has 0 aromatic carbocycles. The summed E-state index contributed by atoms with van der Waals surface area (Å²) < 4.78 is 5.04. The van der Waals surface area contributed by atoms with Crippen molar-refractivity contribution in [3.05, 3.63) is 22.5 Å². The van der Waals surface area contributed by atoms with Gasteiger partial charge in [-0.3, -0.25) is 9.59 Å². The van der Waals surface area contributed by atoms with Gasteiger partial charge in [-0.1, -0.05) is 27.7 Å². The molecule has 146 valence electrons. The maximum Gasteiger partial charge on any atom is 0.355 e. The third-order valence-electron chi connectivity index (χ3n) is 4.35. The molecule has 1 atom stereocenters. The van der Waals surface area contributed by atoms with Crippen LogP contribution < -0.4 is 0 Å². The number of nitrogens with one attached hydrogen (secondary N) is 1. The fourth-order valence-electron chi connectivity index (χ4n) is 3.04. The van der Waals surface area contributed by atoms with E-state index in [1.54, 1.807) is 32.6 Å². The summed E-state index contributed by atoms with van der Waals surface area (Å²) in [5.41, 5.74) is 1.94. The summed E-state index contributed by atoms with van der Waals surface area (Å²) in [5.74, 6) is -0.626. The lowest BCUT2D eigenvalue weighted by atomic mass is 9.98. The van der Waals surface area contributed by atoms with Crippen LogP contribution in [0.2, 0.25) is 0 Å². The van der Waals surface area contributed by atoms with Crippen LogP contribution in [0.5, 0.6) is 0 Å². The monoisotopic (exact) mass is 364 g/mol. The number of carbonyl (C=O) groups is 3. The maximum absolute atomic E-state index is 13.2. The van der Waals surface area contributed by atoms with Crippen molar-refractivity contribution in [3.63, 3.8) is 0 Å². The lowest BCUT2D eigenvalue weighted by Crippen LogP contribution is -2.47. The van der Waals surface area contributed by atoms with Gasteiger partial charge in [-0.25, -0.2) is 4.79 Å². The molecular weight excluding hydrogens is 332 g/mol. The highest BCUT2D eigenvalue weighted by molar-refractivity contribution is 6.06. The maximum atomic E-state index is 13.2. The Hall–Kier alpha value is -2.11. The number of ketones is 1. The number of H-pyrrole nitrogens is 1. The summed E-state index contributed by atoms with van der Waals surface area (Å²) in [6.45, 7) is 15.4. The molecule has 0 fully saturated rings. The Morgan fingerprint density at radius 1 is 1.08 bits per heavy atom. The standard InChI is InChI=1S/C20H32N2O4/c1-9-26-20(25)17-13(6)16(14(7)21-17)18(23)15(8)22(10-11(2)3)19(24)12(4)5/h11-12,15,21H,9-10H2,1-8H3/t15-/m0/s1. The summed E-state index contributed by atoms with van der Waals surface area (Å²) in [7, 11) is 0. The van der Waals surface area contributed by atoms with Gasteiger partial charge in [-0.2, -0.15) is 0 Å². The van der Waals surface area contributed by atoms with Gasteiger partial charge in [-0.05, 0) is 39.2 Å². The van der Waals surface area contributed by atoms with Gasteiger partial charge >= 0.3 is 5.97 Å². The Kier molecular flexibility index (Phi) is 7.60. The second-order valence-electron chi connectivity index (χ2n) is 7.42. The normalized spacial score (nSPS) is 12.4. The molecule has 0 aliphatic carbocycles. The van der Waals surface area contributed by atoms with Crippen LogP contribution in [0.25, 0.3) is 0 Å². The molecule has 0 spiro atoms. The minimum atomic E-state index is -0.601. The number of rotatable bonds is 8. The van der Waals surface area contributed by atoms with Gasteiger partial charge in [0.1, 0.15) is 5.69 Å². The minimum absolute atomic E-state index is 0.0454. The number of aromatic amines is 1. The van der Waals surface area contributed by atoms with E-state index >= 15 is 0 Å². The predicted molar refractivity (Wildman–Crippen MR) is 101 cm³/mol. The molecule has 0 radical (unpaired) electrons. The van der Waals surface area contributed by atoms with Crippen molar-refractivity contribution in [2.24, 2.45) is 11.8 Å². The number of nitrogens with zero attached hydrogens (tertiary/aromatic N) is 1. The summed E-state index contributed by atoms with van der Waals surface area (Å²) in [6.07, 6.45) is 0. The molecule has 1 aromatic rings. The van der Waals surface area contributed by atoms with E-state index in [1.165, 1.54) is 0 Å². The van der Waals surface area contributed by atoms with Crippen LogP contribution >= 0.6 is 0 Å². The van der Waals surface area contributed by atoms with Crippen molar-refractivity contribution in [2.75, 3.05) is 13.2 Å². The van der Waals surface area contributed by atoms with Crippen LogP contribution in [0, 0.1) is 25.7 Å². The first-order chi connectivity index (χ1) is 12.0. The van der Waals surface area contributed by atoms with E-state index in [2.05, 4.69) is 4.98 Å². The number of carbonyl (C=O) groups excluding carboxylic acids is 3. The second kappa shape index (κ2) is 9.01. The zero-order chi connectivity index (χ0) is 20.2. The van der Waals surface area contributed by atoms with Gasteiger partial charge in [-0.15, -0.1) is 0 Å². The quantitative estimate of drug-likeness (QED) is 0.565. The van der Waals surface area contributed by atoms with Crippen LogP contribution in [0.4, 0.5) is 0 Å². The molecule has 6 heteroatoms. The fourth-order valence-corrected chi connectivity index (χ4v) is 3.04. The Labute approximate surface area is 156 Å². The van der Waals surface area contributed by atoms with Crippen LogP contribution in [0.15, 0.2) is 0 Å². The molecule has 1 rings (SSSR count). The van der Waals surface area contributed by atoms with Crippen LogP contribution in [-0.4, -0.2) is 46.7 Å². The summed E-state index contributed by atoms with van der Waals surface area (Å²) in [6, 6.07) is -0.601. The second-order valence-corrected chi connectivity index (χ2v) is 7.42. The van der Waals surface area contributed by atoms with E-state index in [1.807, 2.05) is 27.7 Å². The molecule has 0 unspecified atom stereocenters. The van der Waals surface area contributed by atoms with Gasteiger partial charge < -0.3 is 14.6 Å². The van der Waals surface area contributed by atoms with Gasteiger partial charge in [0.2, 0.25) is 5.91 Å². The van der Waals surface area contributed by atoms with Gasteiger partial charge in [0.05, 0.1) is 12.6 Å². The molecule has 1 amide bonds. The third-order valence-corrected chi connectivity index (χ3v) is 4.35. The lowest BCUT2D eigenvalue weighted by Gasteiger charge is -2.31. The van der Waals surface area contributed by atoms with Crippen molar-refractivity contribution in [2.45, 2.75) is 61.4 Å². The molecule has 0 bridgehead atoms. The number of aryl methyl sites for hydroxylation is 1. The number of ether oxygens (including phenoxy) is 1. The van der Waals surface area contributed by atoms with Crippen molar-refractivity contribution < 1.29 is 19.1 Å². The molecule has 1 N–H and O–H groups in total. The molecule has 6 nitrogen and oxygen atoms in total. The summed E-state index contributed by atoms with van der Waals surface area (Å²) >= 11 is 0. The smallest absolute Gasteiger partial charge is 0.355 e. The average molecular weight is 364 g/mol. The molecule has 1 heterocycles. The molecule has 0 saturated carbocycles. The number of amides is 1. The van der Waals surface area contributed by atoms with Crippen LogP contribution in [0.3, 0.4) is 0 Å². The molecule has 0 saturated heterocycles. The van der Waals surface area contributed by atoms with Crippen LogP contribution in [-0.2, 0) is 9.53 Å². The van der Waals surface area contributed by atoms with Gasteiger partial charge in [0.15, 0.2) is 5.78 Å².